The molecular formula is C85H144F10O16. The molecule has 0 N–H and O–H groups in total. The molecule has 1 atom stereocenters. The Kier molecular flexibility index (Phi) is 52.6. The van der Waals surface area contributed by atoms with Crippen LogP contribution in [0.3, 0.4) is 0 Å². The molecule has 0 radical (unpaired) electrons. The minimum Gasteiger partial charge on any atom is -0.299 e. The number of alkyl halides is 10. The molecular weight excluding hydrogens is 1470 g/mol. The summed E-state index contributed by atoms with van der Waals surface area (Å²) >= 11 is 0. The summed E-state index contributed by atoms with van der Waals surface area (Å²) in [6.07, 6.45) is -14.8. The standard InChI is InChI=1S/C12H19F3O2.C12H22O2.C11H17F3O2.2C11H20O2.C10H17FO2.C10H18O2.C8H11F3O2/c1-5-8(7-12(13,14)15)9(16)6-10(17)11(2,3)4;1-6-9(7-2)10(13)8-11(14)12(3,4)5;1-9(2,3)7(15)6-8(16)10(4,5)11(12,13)14;1-10(2,3)8(12)7-9(13)11(4,5)6;1-8(2)6-9(12)7-10(13)11(3,4)5;1-9(2,3)7(12)6-8(13)10(4,5)11;1-7(2)8(11)6-9(12)10(3,4)5;1-7(2,3)5(12)4-6(13)8(9,10)11/h8H,5-7H2,1-4H3;9H,6-8H2,1-5H3;6H2,1-5H3;7H2,1-6H3;8H,6-7H2,1-5H3;6H2,1-5H3;7H,6H2,1-5H3;4H2,1-3H3. The molecule has 0 heterocycles. The van der Waals surface area contributed by atoms with Crippen LogP contribution in [0.4, 0.5) is 43.9 Å². The van der Waals surface area contributed by atoms with E-state index in [1.807, 2.05) is 145 Å². The van der Waals surface area contributed by atoms with E-state index in [1.54, 1.807) is 62.3 Å². The lowest BCUT2D eigenvalue weighted by Gasteiger charge is -2.27. The topological polar surface area (TPSA) is 273 Å². The van der Waals surface area contributed by atoms with Gasteiger partial charge < -0.3 is 0 Å². The number of ketones is 16. The van der Waals surface area contributed by atoms with Crippen molar-refractivity contribution in [1.29, 1.82) is 0 Å². The fraction of sp³-hybridized carbons (Fsp3) is 0.812. The van der Waals surface area contributed by atoms with Crippen LogP contribution in [0.1, 0.15) is 347 Å². The number of halogens is 10. The van der Waals surface area contributed by atoms with Crippen molar-refractivity contribution in [3.05, 3.63) is 0 Å². The lowest BCUT2D eigenvalue weighted by molar-refractivity contribution is -0.210. The highest BCUT2D eigenvalue weighted by Gasteiger charge is 2.53. The second-order valence-electron chi connectivity index (χ2n) is 39.0. The number of carbonyl (C=O) groups is 16. The van der Waals surface area contributed by atoms with E-state index in [0.717, 1.165) is 26.7 Å². The first kappa shape index (κ1) is 121. The Labute approximate surface area is 659 Å². The predicted octanol–water partition coefficient (Wildman–Crippen LogP) is 21.5. The van der Waals surface area contributed by atoms with E-state index in [1.165, 1.54) is 41.5 Å². The summed E-state index contributed by atoms with van der Waals surface area (Å²) in [6, 6.07) is 0. The minimum absolute atomic E-state index is 0.0208. The summed E-state index contributed by atoms with van der Waals surface area (Å²) in [5, 5.41) is 0. The average molecular weight is 1610 g/mol. The normalized spacial score (nSPS) is 12.9. The predicted molar refractivity (Wildman–Crippen MR) is 416 cm³/mol. The van der Waals surface area contributed by atoms with Gasteiger partial charge in [0, 0.05) is 72.9 Å². The molecule has 0 aromatic rings. The Morgan fingerprint density at radius 3 is 0.658 bits per heavy atom. The van der Waals surface area contributed by atoms with E-state index < -0.39 is 128 Å². The highest BCUT2D eigenvalue weighted by atomic mass is 19.4. The average Bonchev–Trinajstić information content (AvgIpc) is 0.806. The molecule has 111 heavy (non-hydrogen) atoms. The monoisotopic (exact) mass is 1610 g/mol. The molecule has 1 unspecified atom stereocenters. The summed E-state index contributed by atoms with van der Waals surface area (Å²) < 4.78 is 122. The molecule has 650 valence electrons. The van der Waals surface area contributed by atoms with Crippen LogP contribution in [0.5, 0.6) is 0 Å². The van der Waals surface area contributed by atoms with E-state index in [2.05, 4.69) is 0 Å². The summed E-state index contributed by atoms with van der Waals surface area (Å²) in [6.45, 7) is 63.9. The van der Waals surface area contributed by atoms with Gasteiger partial charge in [-0.3, -0.25) is 76.7 Å². The Bertz CT molecular complexity index is 2870. The van der Waals surface area contributed by atoms with Gasteiger partial charge in [-0.25, -0.2) is 4.39 Å². The van der Waals surface area contributed by atoms with Crippen LogP contribution in [0.15, 0.2) is 0 Å². The van der Waals surface area contributed by atoms with Crippen molar-refractivity contribution in [3.63, 3.8) is 0 Å². The molecule has 0 aromatic heterocycles. The van der Waals surface area contributed by atoms with E-state index in [9.17, 15) is 121 Å². The molecule has 0 amide bonds. The zero-order valence-corrected chi connectivity index (χ0v) is 74.8. The first-order chi connectivity index (χ1) is 48.2. The zero-order valence-electron chi connectivity index (χ0n) is 74.8. The van der Waals surface area contributed by atoms with E-state index in [-0.39, 0.29) is 124 Å². The van der Waals surface area contributed by atoms with Crippen molar-refractivity contribution in [2.24, 2.45) is 77.8 Å². The van der Waals surface area contributed by atoms with E-state index >= 15 is 0 Å². The maximum absolute atomic E-state index is 13.0. The highest BCUT2D eigenvalue weighted by Crippen LogP contribution is 2.40. The van der Waals surface area contributed by atoms with Gasteiger partial charge in [0.25, 0.3) is 0 Å². The Balaban J connectivity index is -0.000000182. The van der Waals surface area contributed by atoms with Crippen molar-refractivity contribution in [1.82, 2.24) is 0 Å². The SMILES string of the molecule is CC(C)(C)C(=O)CC(=O)C(C)(C)C.CC(C)(C)C(=O)CC(=O)C(C)(C)C(F)(F)F.CC(C)(C)C(=O)CC(=O)C(C)(C)F.CC(C)(C)C(=O)CC(=O)C(F)(F)F.CC(C)C(=O)CC(=O)C(C)(C)C.CC(C)CC(=O)CC(=O)C(C)(C)C.CCC(CC(F)(F)F)C(=O)CC(=O)C(C)(C)C.CCC(CC)C(=O)CC(=O)C(C)(C)C. The van der Waals surface area contributed by atoms with Gasteiger partial charge in [0.2, 0.25) is 5.78 Å². The van der Waals surface area contributed by atoms with Gasteiger partial charge in [-0.05, 0) is 52.9 Å². The molecule has 16 nitrogen and oxygen atoms in total. The first-order valence-corrected chi connectivity index (χ1v) is 37.6. The summed E-state index contributed by atoms with van der Waals surface area (Å²) in [5.74, 6) is -6.37. The molecule has 0 aliphatic rings. The summed E-state index contributed by atoms with van der Waals surface area (Å²) in [5.41, 5.74) is -9.28. The van der Waals surface area contributed by atoms with Gasteiger partial charge >= 0.3 is 18.5 Å². The second kappa shape index (κ2) is 48.4. The van der Waals surface area contributed by atoms with Gasteiger partial charge in [-0.2, -0.15) is 39.5 Å². The van der Waals surface area contributed by atoms with E-state index in [4.69, 9.17) is 0 Å². The summed E-state index contributed by atoms with van der Waals surface area (Å²) in [7, 11) is 0. The van der Waals surface area contributed by atoms with Crippen molar-refractivity contribution in [2.75, 3.05) is 0 Å². The quantitative estimate of drug-likeness (QED) is 0.0546. The van der Waals surface area contributed by atoms with Gasteiger partial charge in [-0.15, -0.1) is 0 Å². The smallest absolute Gasteiger partial charge is 0.299 e. The van der Waals surface area contributed by atoms with Crippen molar-refractivity contribution in [2.45, 2.75) is 371 Å². The first-order valence-electron chi connectivity index (χ1n) is 37.6. The van der Waals surface area contributed by atoms with Gasteiger partial charge in [0.15, 0.2) is 17.2 Å². The molecule has 0 rings (SSSR count). The Hall–Kier alpha value is -5.98. The lowest BCUT2D eigenvalue weighted by atomic mass is 9.80. The third-order valence-electron chi connectivity index (χ3n) is 16.7. The number of Topliss-reactive ketones (excluding diaryl/α,β-unsaturated/α-hetero) is 16. The molecule has 0 aliphatic carbocycles. The Morgan fingerprint density at radius 2 is 0.459 bits per heavy atom. The molecule has 0 aromatic carbocycles. The zero-order chi connectivity index (χ0) is 91.7. The maximum atomic E-state index is 13.0. The third kappa shape index (κ3) is 60.3. The van der Waals surface area contributed by atoms with Gasteiger partial charge in [-0.1, -0.05) is 235 Å². The summed E-state index contributed by atoms with van der Waals surface area (Å²) in [4.78, 5) is 181. The fourth-order valence-corrected chi connectivity index (χ4v) is 6.84. The molecule has 0 aliphatic heterocycles. The Morgan fingerprint density at radius 1 is 0.252 bits per heavy atom. The number of carbonyl (C=O) groups excluding carboxylic acids is 16. The largest absolute Gasteiger partial charge is 0.450 e. The second-order valence-corrected chi connectivity index (χ2v) is 39.0. The van der Waals surface area contributed by atoms with Crippen LogP contribution in [0.25, 0.3) is 0 Å². The maximum Gasteiger partial charge on any atom is 0.450 e. The third-order valence-corrected chi connectivity index (χ3v) is 16.7. The molecule has 0 bridgehead atoms. The molecule has 0 saturated heterocycles. The number of hydrogen-bond donors (Lipinski definition) is 0. The molecule has 26 heteroatoms. The van der Waals surface area contributed by atoms with Crippen LogP contribution in [-0.4, -0.2) is 117 Å². The lowest BCUT2D eigenvalue weighted by Crippen LogP contribution is -2.41. The van der Waals surface area contributed by atoms with Crippen molar-refractivity contribution in [3.8, 4) is 0 Å². The van der Waals surface area contributed by atoms with Crippen molar-refractivity contribution < 1.29 is 121 Å². The van der Waals surface area contributed by atoms with Crippen LogP contribution in [0.2, 0.25) is 0 Å². The van der Waals surface area contributed by atoms with Gasteiger partial charge in [0.05, 0.1) is 57.8 Å². The van der Waals surface area contributed by atoms with Crippen molar-refractivity contribution >= 4 is 92.5 Å². The van der Waals surface area contributed by atoms with Crippen LogP contribution in [0, 0.1) is 77.8 Å². The van der Waals surface area contributed by atoms with Crippen LogP contribution in [-0.2, 0) is 76.7 Å². The molecule has 0 spiro atoms. The van der Waals surface area contributed by atoms with Crippen LogP contribution < -0.4 is 0 Å². The number of rotatable bonds is 27. The highest BCUT2D eigenvalue weighted by molar-refractivity contribution is 6.07. The molecule has 0 saturated carbocycles. The number of hydrogen-bond acceptors (Lipinski definition) is 16. The molecule has 0 fully saturated rings. The minimum atomic E-state index is -4.90. The van der Waals surface area contributed by atoms with E-state index in [0.29, 0.717) is 12.3 Å². The fourth-order valence-electron chi connectivity index (χ4n) is 6.84. The van der Waals surface area contributed by atoms with Gasteiger partial charge in [0.1, 0.15) is 80.6 Å². The van der Waals surface area contributed by atoms with Crippen LogP contribution >= 0.6 is 0 Å².